The van der Waals surface area contributed by atoms with Gasteiger partial charge in [0.1, 0.15) is 28.0 Å². The van der Waals surface area contributed by atoms with E-state index in [1.54, 1.807) is 0 Å². The van der Waals surface area contributed by atoms with E-state index in [4.69, 9.17) is 11.6 Å². The van der Waals surface area contributed by atoms with E-state index >= 15 is 0 Å². The molecular formula is C15H7ClF5N3O. The van der Waals surface area contributed by atoms with Crippen LogP contribution in [0.25, 0.3) is 22.2 Å². The van der Waals surface area contributed by atoms with Gasteiger partial charge in [0.2, 0.25) is 5.82 Å². The molecule has 0 spiro atoms. The second-order valence-electron chi connectivity index (χ2n) is 5.11. The van der Waals surface area contributed by atoms with E-state index in [9.17, 15) is 26.7 Å². The lowest BCUT2D eigenvalue weighted by atomic mass is 10.1. The summed E-state index contributed by atoms with van der Waals surface area (Å²) < 4.78 is 66.8. The van der Waals surface area contributed by atoms with Crippen LogP contribution in [0.3, 0.4) is 0 Å². The van der Waals surface area contributed by atoms with Gasteiger partial charge < -0.3 is 0 Å². The van der Waals surface area contributed by atoms with Gasteiger partial charge in [-0.05, 0) is 18.2 Å². The van der Waals surface area contributed by atoms with Gasteiger partial charge in [0.25, 0.3) is 5.56 Å². The average molecular weight is 376 g/mol. The first-order chi connectivity index (χ1) is 11.6. The van der Waals surface area contributed by atoms with Gasteiger partial charge in [-0.15, -0.1) is 0 Å². The van der Waals surface area contributed by atoms with Crippen LogP contribution in [-0.4, -0.2) is 14.5 Å². The van der Waals surface area contributed by atoms with Crippen LogP contribution >= 0.6 is 11.6 Å². The number of rotatable bonds is 1. The van der Waals surface area contributed by atoms with Crippen molar-refractivity contribution in [1.82, 2.24) is 14.5 Å². The Morgan fingerprint density at radius 3 is 2.40 bits per heavy atom. The second kappa shape index (κ2) is 5.76. The van der Waals surface area contributed by atoms with Gasteiger partial charge in [-0.2, -0.15) is 13.2 Å². The number of hydrogen-bond acceptors (Lipinski definition) is 3. The molecule has 0 bridgehead atoms. The molecule has 0 aliphatic carbocycles. The summed E-state index contributed by atoms with van der Waals surface area (Å²) in [5, 5.41) is -0.515. The van der Waals surface area contributed by atoms with Crippen molar-refractivity contribution in [2.45, 2.75) is 6.18 Å². The topological polar surface area (TPSA) is 47.8 Å². The summed E-state index contributed by atoms with van der Waals surface area (Å²) in [7, 11) is 0.907. The summed E-state index contributed by atoms with van der Waals surface area (Å²) in [6.45, 7) is 0. The van der Waals surface area contributed by atoms with Crippen LogP contribution in [-0.2, 0) is 13.2 Å². The van der Waals surface area contributed by atoms with Crippen molar-refractivity contribution in [3.8, 4) is 11.3 Å². The van der Waals surface area contributed by atoms with Crippen molar-refractivity contribution in [3.63, 3.8) is 0 Å². The van der Waals surface area contributed by atoms with E-state index in [0.29, 0.717) is 10.6 Å². The summed E-state index contributed by atoms with van der Waals surface area (Å²) in [5.74, 6) is -3.43. The highest BCUT2D eigenvalue weighted by Crippen LogP contribution is 2.32. The summed E-state index contributed by atoms with van der Waals surface area (Å²) in [6, 6.07) is 3.46. The maximum absolute atomic E-state index is 14.1. The highest BCUT2D eigenvalue weighted by atomic mass is 35.5. The normalized spacial score (nSPS) is 12.0. The molecule has 0 unspecified atom stereocenters. The Balaban J connectivity index is 2.48. The van der Waals surface area contributed by atoms with Crippen LogP contribution in [0.15, 0.2) is 29.1 Å². The summed E-state index contributed by atoms with van der Waals surface area (Å²) in [4.78, 5) is 19.5. The molecule has 25 heavy (non-hydrogen) atoms. The Morgan fingerprint density at radius 1 is 1.12 bits per heavy atom. The van der Waals surface area contributed by atoms with E-state index in [-0.39, 0.29) is 21.8 Å². The van der Waals surface area contributed by atoms with Crippen molar-refractivity contribution >= 4 is 22.5 Å². The zero-order valence-electron chi connectivity index (χ0n) is 12.3. The molecule has 0 N–H and O–H groups in total. The third-order valence-corrected chi connectivity index (χ3v) is 3.67. The molecule has 0 saturated carbocycles. The Morgan fingerprint density at radius 2 is 1.80 bits per heavy atom. The minimum atomic E-state index is -4.92. The third kappa shape index (κ3) is 2.95. The maximum atomic E-state index is 14.1. The lowest BCUT2D eigenvalue weighted by Crippen LogP contribution is -2.28. The first kappa shape index (κ1) is 17.3. The molecule has 2 aromatic heterocycles. The smallest absolute Gasteiger partial charge is 0.292 e. The highest BCUT2D eigenvalue weighted by molar-refractivity contribution is 6.30. The lowest BCUT2D eigenvalue weighted by molar-refractivity contribution is -0.147. The number of pyridine rings is 1. The fourth-order valence-electron chi connectivity index (χ4n) is 2.36. The van der Waals surface area contributed by atoms with Crippen LogP contribution in [0.1, 0.15) is 5.82 Å². The number of fused-ring (bicyclic) bond motifs is 1. The van der Waals surface area contributed by atoms with Crippen molar-refractivity contribution < 1.29 is 22.0 Å². The molecule has 130 valence electrons. The molecule has 0 fully saturated rings. The average Bonchev–Trinajstić information content (AvgIpc) is 2.49. The Labute approximate surface area is 141 Å². The molecule has 0 radical (unpaired) electrons. The zero-order valence-corrected chi connectivity index (χ0v) is 13.1. The number of hydrogen-bond donors (Lipinski definition) is 0. The molecular weight excluding hydrogens is 369 g/mol. The van der Waals surface area contributed by atoms with Gasteiger partial charge in [-0.3, -0.25) is 9.36 Å². The quantitative estimate of drug-likeness (QED) is 0.478. The van der Waals surface area contributed by atoms with Gasteiger partial charge in [-0.1, -0.05) is 11.6 Å². The van der Waals surface area contributed by atoms with Crippen LogP contribution in [0, 0.1) is 11.6 Å². The van der Waals surface area contributed by atoms with Crippen LogP contribution in [0.4, 0.5) is 22.0 Å². The number of aromatic nitrogens is 3. The predicted molar refractivity (Wildman–Crippen MR) is 80.1 cm³/mol. The first-order valence-electron chi connectivity index (χ1n) is 6.69. The Bertz CT molecular complexity index is 1060. The molecule has 2 heterocycles. The third-order valence-electron chi connectivity index (χ3n) is 3.47. The first-order valence-corrected chi connectivity index (χ1v) is 7.07. The van der Waals surface area contributed by atoms with Gasteiger partial charge in [0.05, 0.1) is 5.39 Å². The molecule has 0 aliphatic heterocycles. The van der Waals surface area contributed by atoms with E-state index in [1.807, 2.05) is 0 Å². The van der Waals surface area contributed by atoms with Crippen molar-refractivity contribution in [2.24, 2.45) is 7.05 Å². The summed E-state index contributed by atoms with van der Waals surface area (Å²) in [6.07, 6.45) is -4.92. The highest BCUT2D eigenvalue weighted by Gasteiger charge is 2.37. The Hall–Kier alpha value is -2.55. The largest absolute Gasteiger partial charge is 0.449 e. The molecule has 0 amide bonds. The fraction of sp³-hybridized carbons (Fsp3) is 0.133. The van der Waals surface area contributed by atoms with Gasteiger partial charge in [-0.25, -0.2) is 18.7 Å². The standard InChI is InChI=1S/C15H7ClF5N3O/c1-24-13(25)8-5-10(16)22-11(7-3-2-6(17)4-9(7)18)12(8)23-14(24)15(19,20)21/h2-5H,1H3. The minimum absolute atomic E-state index is 0.245. The van der Waals surface area contributed by atoms with Crippen LogP contribution < -0.4 is 5.56 Å². The van der Waals surface area contributed by atoms with E-state index in [1.165, 1.54) is 0 Å². The minimum Gasteiger partial charge on any atom is -0.292 e. The van der Waals surface area contributed by atoms with E-state index in [2.05, 4.69) is 9.97 Å². The van der Waals surface area contributed by atoms with Crippen LogP contribution in [0.5, 0.6) is 0 Å². The summed E-state index contributed by atoms with van der Waals surface area (Å²) >= 11 is 5.81. The molecule has 0 saturated heterocycles. The van der Waals surface area contributed by atoms with Crippen LogP contribution in [0.2, 0.25) is 5.15 Å². The lowest BCUT2D eigenvalue weighted by Gasteiger charge is -2.14. The van der Waals surface area contributed by atoms with Gasteiger partial charge in [0, 0.05) is 18.7 Å². The molecule has 10 heteroatoms. The second-order valence-corrected chi connectivity index (χ2v) is 5.50. The molecule has 1 aromatic carbocycles. The number of halogens is 6. The van der Waals surface area contributed by atoms with Gasteiger partial charge >= 0.3 is 6.18 Å². The van der Waals surface area contributed by atoms with Crippen molar-refractivity contribution in [3.05, 3.63) is 57.2 Å². The molecule has 4 nitrogen and oxygen atoms in total. The van der Waals surface area contributed by atoms with E-state index < -0.39 is 34.7 Å². The number of alkyl halides is 3. The van der Waals surface area contributed by atoms with Crippen molar-refractivity contribution in [2.75, 3.05) is 0 Å². The predicted octanol–water partition coefficient (Wildman–Crippen LogP) is 3.95. The number of nitrogens with zero attached hydrogens (tertiary/aromatic N) is 3. The SMILES string of the molecule is Cn1c(C(F)(F)F)nc2c(-c3ccc(F)cc3F)nc(Cl)cc2c1=O. The Kier molecular flexibility index (Phi) is 3.98. The maximum Gasteiger partial charge on any atom is 0.449 e. The van der Waals surface area contributed by atoms with Gasteiger partial charge in [0.15, 0.2) is 0 Å². The molecule has 0 atom stereocenters. The fourth-order valence-corrected chi connectivity index (χ4v) is 2.56. The monoisotopic (exact) mass is 375 g/mol. The van der Waals surface area contributed by atoms with Crippen molar-refractivity contribution in [1.29, 1.82) is 0 Å². The van der Waals surface area contributed by atoms with E-state index in [0.717, 1.165) is 25.2 Å². The molecule has 0 aliphatic rings. The zero-order chi connectivity index (χ0) is 18.5. The molecule has 3 aromatic rings. The summed E-state index contributed by atoms with van der Waals surface area (Å²) in [5.41, 5.74) is -2.22. The molecule has 3 rings (SSSR count). The number of benzene rings is 1.